The zero-order chi connectivity index (χ0) is 20.8. The number of amides is 1. The number of nitrogens with one attached hydrogen (secondary N) is 1. The van der Waals surface area contributed by atoms with E-state index in [0.717, 1.165) is 58.8 Å². The van der Waals surface area contributed by atoms with E-state index in [2.05, 4.69) is 15.2 Å². The van der Waals surface area contributed by atoms with Crippen molar-refractivity contribution >= 4 is 17.4 Å². The van der Waals surface area contributed by atoms with Crippen molar-refractivity contribution in [3.05, 3.63) is 54.0 Å². The van der Waals surface area contributed by atoms with Gasteiger partial charge in [0.2, 0.25) is 0 Å². The number of pyridine rings is 1. The third-order valence-electron chi connectivity index (χ3n) is 6.02. The second-order valence-electron chi connectivity index (χ2n) is 7.98. The van der Waals surface area contributed by atoms with Gasteiger partial charge in [0.15, 0.2) is 0 Å². The van der Waals surface area contributed by atoms with Gasteiger partial charge in [0.25, 0.3) is 5.91 Å². The molecule has 160 valence electrons. The Labute approximate surface area is 177 Å². The van der Waals surface area contributed by atoms with Crippen molar-refractivity contribution in [2.24, 2.45) is 5.92 Å². The smallest absolute Gasteiger partial charge is 0.257 e. The Morgan fingerprint density at radius 1 is 1.10 bits per heavy atom. The molecule has 0 atom stereocenters. The van der Waals surface area contributed by atoms with E-state index in [1.165, 1.54) is 12.5 Å². The number of carbonyl (C=O) groups is 1. The van der Waals surface area contributed by atoms with E-state index in [9.17, 15) is 9.18 Å². The highest BCUT2D eigenvalue weighted by Gasteiger charge is 2.26. The molecule has 0 saturated carbocycles. The van der Waals surface area contributed by atoms with E-state index in [1.54, 1.807) is 36.5 Å². The lowest BCUT2D eigenvalue weighted by molar-refractivity contribution is 0.0332. The maximum absolute atomic E-state index is 14.0. The largest absolute Gasteiger partial charge is 0.379 e. The summed E-state index contributed by atoms with van der Waals surface area (Å²) in [6.07, 6.45) is 4.83. The zero-order valence-electron chi connectivity index (χ0n) is 17.2. The summed E-state index contributed by atoms with van der Waals surface area (Å²) in [6, 6.07) is 9.90. The molecule has 1 amide bonds. The van der Waals surface area contributed by atoms with Crippen LogP contribution in [0.1, 0.15) is 29.6 Å². The Morgan fingerprint density at radius 3 is 2.63 bits per heavy atom. The van der Waals surface area contributed by atoms with Gasteiger partial charge < -0.3 is 15.0 Å². The van der Waals surface area contributed by atoms with Crippen LogP contribution in [0.2, 0.25) is 0 Å². The Kier molecular flexibility index (Phi) is 6.92. The van der Waals surface area contributed by atoms with Crippen molar-refractivity contribution in [1.29, 1.82) is 0 Å². The van der Waals surface area contributed by atoms with Gasteiger partial charge >= 0.3 is 0 Å². The normalized spacial score (nSPS) is 18.4. The molecule has 0 spiro atoms. The molecule has 2 aromatic rings. The van der Waals surface area contributed by atoms with E-state index in [0.29, 0.717) is 23.0 Å². The predicted octanol–water partition coefficient (Wildman–Crippen LogP) is 3.54. The zero-order valence-corrected chi connectivity index (χ0v) is 17.2. The Balaban J connectivity index is 1.33. The summed E-state index contributed by atoms with van der Waals surface area (Å²) in [5.74, 6) is 0.625. The molecular weight excluding hydrogens is 383 g/mol. The number of nitrogens with zero attached hydrogens (tertiary/aromatic N) is 3. The third-order valence-corrected chi connectivity index (χ3v) is 6.02. The van der Waals surface area contributed by atoms with Crippen molar-refractivity contribution in [1.82, 2.24) is 14.8 Å². The molecule has 6 nitrogen and oxygen atoms in total. The highest BCUT2D eigenvalue weighted by atomic mass is 19.1. The van der Waals surface area contributed by atoms with Crippen LogP contribution in [0, 0.1) is 11.7 Å². The van der Waals surface area contributed by atoms with E-state index >= 15 is 0 Å². The van der Waals surface area contributed by atoms with Gasteiger partial charge in [-0.3, -0.25) is 9.69 Å². The topological polar surface area (TPSA) is 57.7 Å². The highest BCUT2D eigenvalue weighted by Crippen LogP contribution is 2.26. The first kappa shape index (κ1) is 20.8. The van der Waals surface area contributed by atoms with Gasteiger partial charge in [0.05, 0.1) is 24.5 Å². The average molecular weight is 413 g/mol. The lowest BCUT2D eigenvalue weighted by Gasteiger charge is -2.34. The first-order valence-electron chi connectivity index (χ1n) is 10.8. The molecule has 4 rings (SSSR count). The first-order valence-corrected chi connectivity index (χ1v) is 10.8. The molecule has 7 heteroatoms. The minimum atomic E-state index is -0.373. The first-order chi connectivity index (χ1) is 14.7. The summed E-state index contributed by atoms with van der Waals surface area (Å²) in [4.78, 5) is 21.8. The molecule has 2 fully saturated rings. The molecular formula is C23H29FN4O2. The van der Waals surface area contributed by atoms with Gasteiger partial charge in [-0.1, -0.05) is 12.1 Å². The molecule has 2 aliphatic rings. The van der Waals surface area contributed by atoms with Crippen LogP contribution in [0.25, 0.3) is 0 Å². The second kappa shape index (κ2) is 10.00. The quantitative estimate of drug-likeness (QED) is 0.787. The molecule has 0 aliphatic carbocycles. The van der Waals surface area contributed by atoms with E-state index in [4.69, 9.17) is 4.74 Å². The molecule has 2 saturated heterocycles. The standard InChI is InChI=1S/C23H29FN4O2/c24-20-5-1-2-6-21(20)26-22-19(4-3-10-25-22)23(29)28-12-8-18(9-13-28)7-11-27-14-16-30-17-15-27/h1-6,10,18H,7-9,11-17H2,(H,25,26). The third kappa shape index (κ3) is 5.15. The summed E-state index contributed by atoms with van der Waals surface area (Å²) in [5, 5.41) is 2.98. The van der Waals surface area contributed by atoms with Crippen LogP contribution in [0.5, 0.6) is 0 Å². The summed E-state index contributed by atoms with van der Waals surface area (Å²) in [6.45, 7) is 6.33. The number of piperidine rings is 1. The van der Waals surface area contributed by atoms with Crippen molar-refractivity contribution in [3.8, 4) is 0 Å². The maximum atomic E-state index is 14.0. The van der Waals surface area contributed by atoms with Crippen LogP contribution in [0.15, 0.2) is 42.6 Å². The Morgan fingerprint density at radius 2 is 1.87 bits per heavy atom. The lowest BCUT2D eigenvalue weighted by atomic mass is 9.93. The van der Waals surface area contributed by atoms with Crippen LogP contribution >= 0.6 is 0 Å². The molecule has 2 aliphatic heterocycles. The number of morpholine rings is 1. The molecule has 30 heavy (non-hydrogen) atoms. The SMILES string of the molecule is O=C(c1cccnc1Nc1ccccc1F)N1CCC(CCN2CCOCC2)CC1. The number of anilines is 2. The second-order valence-corrected chi connectivity index (χ2v) is 7.98. The van der Waals surface area contributed by atoms with Crippen molar-refractivity contribution in [3.63, 3.8) is 0 Å². The van der Waals surface area contributed by atoms with Gasteiger partial charge in [-0.2, -0.15) is 0 Å². The van der Waals surface area contributed by atoms with E-state index < -0.39 is 0 Å². The number of rotatable bonds is 6. The number of hydrogen-bond acceptors (Lipinski definition) is 5. The summed E-state index contributed by atoms with van der Waals surface area (Å²) in [5.41, 5.74) is 0.791. The monoisotopic (exact) mass is 412 g/mol. The van der Waals surface area contributed by atoms with Gasteiger partial charge in [0.1, 0.15) is 11.6 Å². The van der Waals surface area contributed by atoms with Crippen LogP contribution in [0.3, 0.4) is 0 Å². The van der Waals surface area contributed by atoms with Gasteiger partial charge in [0, 0.05) is 32.4 Å². The molecule has 0 radical (unpaired) electrons. The van der Waals surface area contributed by atoms with Crippen molar-refractivity contribution < 1.29 is 13.9 Å². The van der Waals surface area contributed by atoms with Crippen molar-refractivity contribution in [2.75, 3.05) is 51.3 Å². The number of benzene rings is 1. The number of hydrogen-bond donors (Lipinski definition) is 1. The van der Waals surface area contributed by atoms with Gasteiger partial charge in [-0.05, 0) is 56.0 Å². The number of halogens is 1. The van der Waals surface area contributed by atoms with Gasteiger partial charge in [-0.15, -0.1) is 0 Å². The minimum absolute atomic E-state index is 0.0476. The summed E-state index contributed by atoms with van der Waals surface area (Å²) >= 11 is 0. The van der Waals surface area contributed by atoms with Crippen LogP contribution in [-0.4, -0.2) is 66.6 Å². The van der Waals surface area contributed by atoms with Crippen LogP contribution in [0.4, 0.5) is 15.9 Å². The number of aromatic nitrogens is 1. The molecule has 1 aromatic carbocycles. The fourth-order valence-electron chi connectivity index (χ4n) is 4.15. The minimum Gasteiger partial charge on any atom is -0.379 e. The molecule has 1 N–H and O–H groups in total. The molecule has 1 aromatic heterocycles. The number of ether oxygens (including phenoxy) is 1. The maximum Gasteiger partial charge on any atom is 0.257 e. The highest BCUT2D eigenvalue weighted by molar-refractivity contribution is 5.99. The van der Waals surface area contributed by atoms with Crippen LogP contribution in [-0.2, 0) is 4.74 Å². The fraction of sp³-hybridized carbons (Fsp3) is 0.478. The van der Waals surface area contributed by atoms with Gasteiger partial charge in [-0.25, -0.2) is 9.37 Å². The molecule has 0 unspecified atom stereocenters. The number of para-hydroxylation sites is 1. The summed E-state index contributed by atoms with van der Waals surface area (Å²) in [7, 11) is 0. The predicted molar refractivity (Wildman–Crippen MR) is 114 cm³/mol. The Hall–Kier alpha value is -2.51. The van der Waals surface area contributed by atoms with E-state index in [-0.39, 0.29) is 11.7 Å². The molecule has 0 bridgehead atoms. The summed E-state index contributed by atoms with van der Waals surface area (Å²) < 4.78 is 19.4. The van der Waals surface area contributed by atoms with E-state index in [1.807, 2.05) is 4.90 Å². The number of likely N-dealkylation sites (tertiary alicyclic amines) is 1. The molecule has 3 heterocycles. The van der Waals surface area contributed by atoms with Crippen LogP contribution < -0.4 is 5.32 Å². The lowest BCUT2D eigenvalue weighted by Crippen LogP contribution is -2.41. The number of carbonyl (C=O) groups excluding carboxylic acids is 1. The Bertz CT molecular complexity index is 849. The fourth-order valence-corrected chi connectivity index (χ4v) is 4.15. The van der Waals surface area contributed by atoms with Crippen molar-refractivity contribution in [2.45, 2.75) is 19.3 Å². The average Bonchev–Trinajstić information content (AvgIpc) is 2.80.